The average molecular weight is 469 g/mol. The fraction of sp³-hybridized carbons (Fsp3) is 0.226. The largest absolute Gasteiger partial charge is 0.488 e. The van der Waals surface area contributed by atoms with Gasteiger partial charge in [-0.05, 0) is 60.4 Å². The van der Waals surface area contributed by atoms with Crippen LogP contribution >= 0.6 is 0 Å². The molecule has 0 saturated carbocycles. The Bertz CT molecular complexity index is 1080. The van der Waals surface area contributed by atoms with Crippen molar-refractivity contribution < 1.29 is 19.7 Å². The van der Waals surface area contributed by atoms with Crippen LogP contribution in [-0.4, -0.2) is 35.6 Å². The minimum Gasteiger partial charge on any atom is -0.488 e. The van der Waals surface area contributed by atoms with E-state index in [2.05, 4.69) is 72.8 Å². The highest BCUT2D eigenvalue weighted by Crippen LogP contribution is 2.45. The quantitative estimate of drug-likeness (QED) is 0.298. The van der Waals surface area contributed by atoms with Gasteiger partial charge in [-0.2, -0.15) is 0 Å². The summed E-state index contributed by atoms with van der Waals surface area (Å²) in [5, 5.41) is 18.7. The minimum atomic E-state index is -0.579. The molecule has 0 heterocycles. The Morgan fingerprint density at radius 2 is 0.829 bits per heavy atom. The van der Waals surface area contributed by atoms with E-state index in [1.807, 2.05) is 50.2 Å². The van der Waals surface area contributed by atoms with Crippen molar-refractivity contribution in [3.05, 3.63) is 131 Å². The molecule has 0 saturated heterocycles. The summed E-state index contributed by atoms with van der Waals surface area (Å²) in [6, 6.07) is 37.2. The van der Waals surface area contributed by atoms with E-state index in [-0.39, 0.29) is 25.4 Å². The minimum absolute atomic E-state index is 0.0387. The number of benzene rings is 4. The maximum Gasteiger partial charge on any atom is 0.119 e. The van der Waals surface area contributed by atoms with Crippen LogP contribution in [0, 0.1) is 0 Å². The number of hydrogen-bond acceptors (Lipinski definition) is 4. The van der Waals surface area contributed by atoms with Crippen molar-refractivity contribution in [3.63, 3.8) is 0 Å². The van der Waals surface area contributed by atoms with E-state index in [0.717, 1.165) is 22.3 Å². The van der Waals surface area contributed by atoms with Gasteiger partial charge in [-0.15, -0.1) is 0 Å². The van der Waals surface area contributed by atoms with Gasteiger partial charge in [0.15, 0.2) is 0 Å². The summed E-state index contributed by atoms with van der Waals surface area (Å²) in [6.45, 7) is 3.60. The van der Waals surface area contributed by atoms with Crippen molar-refractivity contribution in [1.29, 1.82) is 0 Å². The molecular formula is C31H32O4. The molecule has 0 aromatic heterocycles. The van der Waals surface area contributed by atoms with E-state index in [0.29, 0.717) is 11.5 Å². The molecule has 4 rings (SSSR count). The zero-order chi connectivity index (χ0) is 24.7. The molecule has 0 amide bonds. The zero-order valence-electron chi connectivity index (χ0n) is 20.2. The van der Waals surface area contributed by atoms with Gasteiger partial charge in [-0.1, -0.05) is 84.9 Å². The van der Waals surface area contributed by atoms with Gasteiger partial charge in [0, 0.05) is 0 Å². The Balaban J connectivity index is 1.90. The molecule has 2 N–H and O–H groups in total. The molecule has 4 aromatic carbocycles. The molecule has 0 spiro atoms. The third-order valence-electron chi connectivity index (χ3n) is 6.18. The van der Waals surface area contributed by atoms with Crippen LogP contribution in [0.5, 0.6) is 11.5 Å². The van der Waals surface area contributed by atoms with Crippen LogP contribution in [0.1, 0.15) is 36.1 Å². The highest BCUT2D eigenvalue weighted by atomic mass is 16.5. The second-order valence-corrected chi connectivity index (χ2v) is 8.75. The lowest BCUT2D eigenvalue weighted by molar-refractivity contribution is 0.129. The van der Waals surface area contributed by atoms with Crippen molar-refractivity contribution >= 4 is 0 Å². The van der Waals surface area contributed by atoms with Gasteiger partial charge in [-0.25, -0.2) is 0 Å². The third kappa shape index (κ3) is 5.24. The van der Waals surface area contributed by atoms with Crippen LogP contribution in [0.4, 0.5) is 0 Å². The zero-order valence-corrected chi connectivity index (χ0v) is 20.2. The highest BCUT2D eigenvalue weighted by molar-refractivity contribution is 5.60. The summed E-state index contributed by atoms with van der Waals surface area (Å²) in [5.41, 5.74) is 3.89. The van der Waals surface area contributed by atoms with E-state index in [4.69, 9.17) is 9.47 Å². The molecule has 2 atom stereocenters. The molecule has 0 aliphatic carbocycles. The number of rotatable bonds is 10. The monoisotopic (exact) mass is 468 g/mol. The molecule has 0 aliphatic rings. The van der Waals surface area contributed by atoms with Gasteiger partial charge in [-0.3, -0.25) is 0 Å². The summed E-state index contributed by atoms with van der Waals surface area (Å²) in [6.07, 6.45) is -0.551. The maximum atomic E-state index is 9.37. The molecule has 4 aromatic rings. The molecule has 180 valence electrons. The summed E-state index contributed by atoms with van der Waals surface area (Å²) in [4.78, 5) is 0. The van der Waals surface area contributed by atoms with Crippen molar-refractivity contribution in [2.45, 2.75) is 31.5 Å². The predicted molar refractivity (Wildman–Crippen MR) is 139 cm³/mol. The lowest BCUT2D eigenvalue weighted by Gasteiger charge is -2.37. The summed E-state index contributed by atoms with van der Waals surface area (Å²) >= 11 is 0. The maximum absolute atomic E-state index is 9.37. The van der Waals surface area contributed by atoms with E-state index in [1.54, 1.807) is 0 Å². The van der Waals surface area contributed by atoms with Crippen LogP contribution in [0.3, 0.4) is 0 Å². The number of ether oxygens (including phenoxy) is 2. The van der Waals surface area contributed by atoms with Gasteiger partial charge >= 0.3 is 0 Å². The lowest BCUT2D eigenvalue weighted by atomic mass is 9.65. The summed E-state index contributed by atoms with van der Waals surface area (Å²) in [7, 11) is 0. The number of hydrogen-bond donors (Lipinski definition) is 2. The molecule has 4 heteroatoms. The molecule has 0 aliphatic heterocycles. The summed E-state index contributed by atoms with van der Waals surface area (Å²) in [5.74, 6) is 1.43. The third-order valence-corrected chi connectivity index (χ3v) is 6.18. The topological polar surface area (TPSA) is 58.9 Å². The normalized spacial score (nSPS) is 13.1. The van der Waals surface area contributed by atoms with Gasteiger partial charge in [0.25, 0.3) is 0 Å². The van der Waals surface area contributed by atoms with Crippen LogP contribution < -0.4 is 9.47 Å². The predicted octanol–water partition coefficient (Wildman–Crippen LogP) is 5.59. The molecular weight excluding hydrogens is 436 g/mol. The molecule has 0 radical (unpaired) electrons. The standard InChI is InChI=1S/C31H32O4/c1-23(21-32)34-29-17-13-27(14-18-29)31(25-9-5-3-6-10-25,26-11-7-4-8-12-26)28-15-19-30(20-16-28)35-24(2)22-33/h3-20,23-24,32-33H,21-22H2,1-2H3. The van der Waals surface area contributed by atoms with Crippen LogP contribution in [0.2, 0.25) is 0 Å². The molecule has 2 unspecified atom stereocenters. The smallest absolute Gasteiger partial charge is 0.119 e. The molecule has 4 nitrogen and oxygen atoms in total. The van der Waals surface area contributed by atoms with Crippen LogP contribution in [0.25, 0.3) is 0 Å². The molecule has 0 fully saturated rings. The highest BCUT2D eigenvalue weighted by Gasteiger charge is 2.38. The second-order valence-electron chi connectivity index (χ2n) is 8.75. The van der Waals surface area contributed by atoms with E-state index in [1.165, 1.54) is 0 Å². The van der Waals surface area contributed by atoms with Crippen LogP contribution in [0.15, 0.2) is 109 Å². The Labute approximate surface area is 207 Å². The van der Waals surface area contributed by atoms with Crippen LogP contribution in [-0.2, 0) is 5.41 Å². The Morgan fingerprint density at radius 1 is 0.514 bits per heavy atom. The lowest BCUT2D eigenvalue weighted by Crippen LogP contribution is -2.31. The first-order valence-electron chi connectivity index (χ1n) is 11.9. The fourth-order valence-corrected chi connectivity index (χ4v) is 4.48. The van der Waals surface area contributed by atoms with Crippen molar-refractivity contribution in [2.24, 2.45) is 0 Å². The molecule has 0 bridgehead atoms. The van der Waals surface area contributed by atoms with Crippen molar-refractivity contribution in [1.82, 2.24) is 0 Å². The van der Waals surface area contributed by atoms with Gasteiger partial charge in [0.1, 0.15) is 23.7 Å². The summed E-state index contributed by atoms with van der Waals surface area (Å²) < 4.78 is 11.6. The fourth-order valence-electron chi connectivity index (χ4n) is 4.48. The Kier molecular flexibility index (Phi) is 7.86. The second kappa shape index (κ2) is 11.2. The van der Waals surface area contributed by atoms with E-state index in [9.17, 15) is 10.2 Å². The average Bonchev–Trinajstić information content (AvgIpc) is 2.92. The van der Waals surface area contributed by atoms with Crippen molar-refractivity contribution in [2.75, 3.05) is 13.2 Å². The molecule has 35 heavy (non-hydrogen) atoms. The first-order chi connectivity index (χ1) is 17.1. The van der Waals surface area contributed by atoms with E-state index < -0.39 is 5.41 Å². The first kappa shape index (κ1) is 24.5. The van der Waals surface area contributed by atoms with E-state index >= 15 is 0 Å². The SMILES string of the molecule is CC(CO)Oc1ccc(C(c2ccccc2)(c2ccccc2)c2ccc(OC(C)CO)cc2)cc1. The van der Waals surface area contributed by atoms with Gasteiger partial charge in [0.05, 0.1) is 18.6 Å². The number of aliphatic hydroxyl groups is 2. The Morgan fingerprint density at radius 3 is 1.14 bits per heavy atom. The van der Waals surface area contributed by atoms with Gasteiger partial charge in [0.2, 0.25) is 0 Å². The number of aliphatic hydroxyl groups excluding tert-OH is 2. The van der Waals surface area contributed by atoms with Crippen molar-refractivity contribution in [3.8, 4) is 11.5 Å². The Hall–Kier alpha value is -3.60. The van der Waals surface area contributed by atoms with Gasteiger partial charge < -0.3 is 19.7 Å². The first-order valence-corrected chi connectivity index (χ1v) is 11.9.